The van der Waals surface area contributed by atoms with Crippen molar-refractivity contribution in [2.24, 2.45) is 5.92 Å². The van der Waals surface area contributed by atoms with E-state index in [1.807, 2.05) is 0 Å². The van der Waals surface area contributed by atoms with E-state index in [0.29, 0.717) is 12.1 Å². The lowest BCUT2D eigenvalue weighted by atomic mass is 10.0. The van der Waals surface area contributed by atoms with Gasteiger partial charge < -0.3 is 10.0 Å². The third-order valence-corrected chi connectivity index (χ3v) is 4.40. The number of amides is 1. The molecule has 1 amide bonds. The van der Waals surface area contributed by atoms with E-state index < -0.39 is 0 Å². The van der Waals surface area contributed by atoms with Crippen molar-refractivity contribution < 1.29 is 14.3 Å². The molecule has 20 heavy (non-hydrogen) atoms. The highest BCUT2D eigenvalue weighted by Gasteiger charge is 2.27. The lowest BCUT2D eigenvalue weighted by Gasteiger charge is -2.23. The topological polar surface area (TPSA) is 40.5 Å². The van der Waals surface area contributed by atoms with Crippen molar-refractivity contribution in [2.45, 2.75) is 31.8 Å². The van der Waals surface area contributed by atoms with Crippen LogP contribution in [0.1, 0.15) is 24.8 Å². The zero-order chi connectivity index (χ0) is 14.7. The van der Waals surface area contributed by atoms with Gasteiger partial charge in [0.25, 0.3) is 0 Å². The van der Waals surface area contributed by atoms with E-state index in [1.54, 1.807) is 24.1 Å². The molecule has 0 spiro atoms. The van der Waals surface area contributed by atoms with Crippen LogP contribution in [0.25, 0.3) is 0 Å². The molecule has 1 aromatic rings. The van der Waals surface area contributed by atoms with Gasteiger partial charge in [0.05, 0.1) is 12.5 Å². The average molecular weight is 344 g/mol. The number of aliphatic hydroxyl groups is 1. The maximum absolute atomic E-state index is 13.6. The van der Waals surface area contributed by atoms with Crippen molar-refractivity contribution >= 4 is 21.8 Å². The first-order valence-electron chi connectivity index (χ1n) is 6.83. The maximum atomic E-state index is 13.6. The third-order valence-electron chi connectivity index (χ3n) is 3.90. The Morgan fingerprint density at radius 3 is 2.90 bits per heavy atom. The minimum atomic E-state index is -0.365. The highest BCUT2D eigenvalue weighted by molar-refractivity contribution is 9.10. The van der Waals surface area contributed by atoms with E-state index >= 15 is 0 Å². The molecule has 1 aliphatic rings. The largest absolute Gasteiger partial charge is 0.393 e. The number of hydrogen-bond acceptors (Lipinski definition) is 2. The lowest BCUT2D eigenvalue weighted by Crippen LogP contribution is -2.35. The molecule has 0 heterocycles. The van der Waals surface area contributed by atoms with Crippen molar-refractivity contribution in [2.75, 3.05) is 13.6 Å². The highest BCUT2D eigenvalue weighted by Crippen LogP contribution is 2.26. The van der Waals surface area contributed by atoms with E-state index in [4.69, 9.17) is 0 Å². The number of benzene rings is 1. The van der Waals surface area contributed by atoms with E-state index in [9.17, 15) is 14.3 Å². The summed E-state index contributed by atoms with van der Waals surface area (Å²) in [6.07, 6.45) is 2.50. The molecule has 1 aromatic carbocycles. The van der Waals surface area contributed by atoms with Crippen LogP contribution in [-0.4, -0.2) is 35.6 Å². The van der Waals surface area contributed by atoms with Crippen molar-refractivity contribution in [1.82, 2.24) is 4.90 Å². The molecule has 0 radical (unpaired) electrons. The first-order chi connectivity index (χ1) is 9.47. The Balaban J connectivity index is 1.95. The van der Waals surface area contributed by atoms with Crippen LogP contribution in [0.2, 0.25) is 0 Å². The summed E-state index contributed by atoms with van der Waals surface area (Å²) in [5, 5.41) is 9.79. The van der Waals surface area contributed by atoms with E-state index in [-0.39, 0.29) is 30.2 Å². The summed E-state index contributed by atoms with van der Waals surface area (Å²) in [6.45, 7) is 0.537. The number of aliphatic hydroxyl groups excluding tert-OH is 1. The van der Waals surface area contributed by atoms with Gasteiger partial charge >= 0.3 is 0 Å². The fourth-order valence-electron chi connectivity index (χ4n) is 2.66. The van der Waals surface area contributed by atoms with Crippen LogP contribution in [0.3, 0.4) is 0 Å². The zero-order valence-electron chi connectivity index (χ0n) is 11.5. The molecule has 5 heteroatoms. The first-order valence-corrected chi connectivity index (χ1v) is 7.62. The third kappa shape index (κ3) is 3.79. The van der Waals surface area contributed by atoms with Crippen molar-refractivity contribution in [1.29, 1.82) is 0 Å². The molecule has 0 aromatic heterocycles. The van der Waals surface area contributed by atoms with Gasteiger partial charge in [-0.25, -0.2) is 4.39 Å². The second kappa shape index (κ2) is 6.68. The van der Waals surface area contributed by atoms with Crippen LogP contribution in [0.4, 0.5) is 4.39 Å². The van der Waals surface area contributed by atoms with Crippen molar-refractivity contribution in [3.63, 3.8) is 0 Å². The maximum Gasteiger partial charge on any atom is 0.226 e. The number of carbonyl (C=O) groups is 1. The van der Waals surface area contributed by atoms with Gasteiger partial charge in [0.15, 0.2) is 0 Å². The summed E-state index contributed by atoms with van der Waals surface area (Å²) < 4.78 is 14.4. The van der Waals surface area contributed by atoms with Crippen molar-refractivity contribution in [3.8, 4) is 0 Å². The normalized spacial score (nSPS) is 22.0. The standard InChI is InChI=1S/C15H19BrFNO2/c1-18(9-10-3-2-4-14(10)19)15(20)8-11-7-12(16)5-6-13(11)17/h5-7,10,14,19H,2-4,8-9H2,1H3/t10-,14+/m1/s1. The molecular weight excluding hydrogens is 325 g/mol. The summed E-state index contributed by atoms with van der Waals surface area (Å²) in [6, 6.07) is 4.60. The molecule has 0 saturated heterocycles. The van der Waals surface area contributed by atoms with E-state index in [1.165, 1.54) is 6.07 Å². The smallest absolute Gasteiger partial charge is 0.226 e. The second-order valence-electron chi connectivity index (χ2n) is 5.45. The van der Waals surface area contributed by atoms with Gasteiger partial charge in [0, 0.05) is 24.0 Å². The SMILES string of the molecule is CN(C[C@H]1CCC[C@@H]1O)C(=O)Cc1cc(Br)ccc1F. The minimum absolute atomic E-state index is 0.0462. The van der Waals surface area contributed by atoms with Gasteiger partial charge in [0.2, 0.25) is 5.91 Å². The molecule has 1 fully saturated rings. The molecule has 2 rings (SSSR count). The Morgan fingerprint density at radius 2 is 2.25 bits per heavy atom. The fraction of sp³-hybridized carbons (Fsp3) is 0.533. The van der Waals surface area contributed by atoms with Gasteiger partial charge in [0.1, 0.15) is 5.82 Å². The quantitative estimate of drug-likeness (QED) is 0.913. The molecule has 0 unspecified atom stereocenters. The molecule has 110 valence electrons. The van der Waals surface area contributed by atoms with Crippen molar-refractivity contribution in [3.05, 3.63) is 34.1 Å². The summed E-state index contributed by atoms with van der Waals surface area (Å²) in [7, 11) is 1.71. The second-order valence-corrected chi connectivity index (χ2v) is 6.36. The summed E-state index contributed by atoms with van der Waals surface area (Å²) in [5.74, 6) is -0.340. The number of halogens is 2. The predicted molar refractivity (Wildman–Crippen MR) is 78.8 cm³/mol. The zero-order valence-corrected chi connectivity index (χ0v) is 13.1. The Morgan fingerprint density at radius 1 is 1.50 bits per heavy atom. The van der Waals surface area contributed by atoms with Gasteiger partial charge in [-0.15, -0.1) is 0 Å². The van der Waals surface area contributed by atoms with Gasteiger partial charge in [-0.05, 0) is 36.6 Å². The van der Waals surface area contributed by atoms with Crippen LogP contribution in [-0.2, 0) is 11.2 Å². The molecule has 1 aliphatic carbocycles. The van der Waals surface area contributed by atoms with Gasteiger partial charge in [-0.3, -0.25) is 4.79 Å². The van der Waals surface area contributed by atoms with Crippen LogP contribution < -0.4 is 0 Å². The fourth-order valence-corrected chi connectivity index (χ4v) is 3.07. The number of likely N-dealkylation sites (N-methyl/N-ethyl adjacent to an activating group) is 1. The molecule has 0 aliphatic heterocycles. The van der Waals surface area contributed by atoms with Gasteiger partial charge in [-0.1, -0.05) is 22.4 Å². The van der Waals surface area contributed by atoms with Crippen LogP contribution >= 0.6 is 15.9 Å². The summed E-state index contributed by atoms with van der Waals surface area (Å²) >= 11 is 3.28. The van der Waals surface area contributed by atoms with E-state index in [2.05, 4.69) is 15.9 Å². The molecule has 3 nitrogen and oxygen atoms in total. The van der Waals surface area contributed by atoms with Crippen LogP contribution in [0, 0.1) is 11.7 Å². The Labute approximate surface area is 126 Å². The number of hydrogen-bond donors (Lipinski definition) is 1. The number of carbonyl (C=O) groups excluding carboxylic acids is 1. The lowest BCUT2D eigenvalue weighted by molar-refractivity contribution is -0.130. The van der Waals surface area contributed by atoms with Crippen LogP contribution in [0.5, 0.6) is 0 Å². The highest BCUT2D eigenvalue weighted by atomic mass is 79.9. The number of nitrogens with zero attached hydrogens (tertiary/aromatic N) is 1. The molecule has 1 saturated carbocycles. The number of rotatable bonds is 4. The molecule has 2 atom stereocenters. The molecule has 0 bridgehead atoms. The monoisotopic (exact) mass is 343 g/mol. The molecular formula is C15H19BrFNO2. The van der Waals surface area contributed by atoms with Gasteiger partial charge in [-0.2, -0.15) is 0 Å². The predicted octanol–water partition coefficient (Wildman–Crippen LogP) is 2.75. The first kappa shape index (κ1) is 15.4. The molecule has 1 N–H and O–H groups in total. The average Bonchev–Trinajstić information content (AvgIpc) is 2.79. The Kier molecular flexibility index (Phi) is 5.16. The summed E-state index contributed by atoms with van der Waals surface area (Å²) in [4.78, 5) is 13.7. The Hall–Kier alpha value is -0.940. The Bertz CT molecular complexity index is 495. The minimum Gasteiger partial charge on any atom is -0.393 e. The summed E-state index contributed by atoms with van der Waals surface area (Å²) in [5.41, 5.74) is 0.392. The van der Waals surface area contributed by atoms with E-state index in [0.717, 1.165) is 23.7 Å². The van der Waals surface area contributed by atoms with Crippen LogP contribution in [0.15, 0.2) is 22.7 Å².